The number of aromatic nitrogens is 4. The highest BCUT2D eigenvalue weighted by molar-refractivity contribution is 6.35. The van der Waals surface area contributed by atoms with Crippen LogP contribution in [0.2, 0.25) is 10.0 Å². The number of fused-ring (bicyclic) bond motifs is 1. The molecule has 2 N–H and O–H groups in total. The lowest BCUT2D eigenvalue weighted by Crippen LogP contribution is -2.31. The minimum absolute atomic E-state index is 0.227. The number of halogens is 2. The summed E-state index contributed by atoms with van der Waals surface area (Å²) in [4.78, 5) is 13.6. The molecule has 2 heterocycles. The van der Waals surface area contributed by atoms with Crippen LogP contribution in [0.3, 0.4) is 0 Å². The summed E-state index contributed by atoms with van der Waals surface area (Å²) in [5.74, 6) is 0.853. The van der Waals surface area contributed by atoms with E-state index in [0.29, 0.717) is 33.0 Å². The molecule has 0 saturated carbocycles. The van der Waals surface area contributed by atoms with Crippen LogP contribution in [0.25, 0.3) is 0 Å². The van der Waals surface area contributed by atoms with E-state index in [9.17, 15) is 4.79 Å². The fourth-order valence-electron chi connectivity index (χ4n) is 4.26. The molecule has 1 aliphatic rings. The number of amides is 1. The molecule has 1 unspecified atom stereocenters. The predicted molar refractivity (Wildman–Crippen MR) is 144 cm³/mol. The van der Waals surface area contributed by atoms with Gasteiger partial charge in [-0.05, 0) is 78.2 Å². The summed E-state index contributed by atoms with van der Waals surface area (Å²) >= 11 is 12.5. The van der Waals surface area contributed by atoms with Crippen molar-refractivity contribution in [2.75, 3.05) is 10.6 Å². The molecule has 4 aromatic rings. The zero-order chi connectivity index (χ0) is 26.1. The lowest BCUT2D eigenvalue weighted by Gasteiger charge is -2.28. The number of nitrogens with zero attached hydrogens (tertiary/aromatic N) is 4. The van der Waals surface area contributed by atoms with E-state index >= 15 is 0 Å². The van der Waals surface area contributed by atoms with E-state index in [4.69, 9.17) is 27.9 Å². The van der Waals surface area contributed by atoms with Crippen LogP contribution < -0.4 is 15.4 Å². The number of ether oxygens (including phenoxy) is 1. The van der Waals surface area contributed by atoms with E-state index in [0.717, 1.165) is 27.9 Å². The third kappa shape index (κ3) is 4.90. The molecule has 37 heavy (non-hydrogen) atoms. The van der Waals surface area contributed by atoms with Gasteiger partial charge in [0, 0.05) is 27.0 Å². The fraction of sp³-hybridized carbons (Fsp3) is 0.185. The first kappa shape index (κ1) is 24.8. The largest absolute Gasteiger partial charge is 0.489 e. The van der Waals surface area contributed by atoms with E-state index in [-0.39, 0.29) is 12.5 Å². The van der Waals surface area contributed by atoms with E-state index in [1.165, 1.54) is 0 Å². The Bertz CT molecular complexity index is 1490. The second-order valence-electron chi connectivity index (χ2n) is 8.77. The Hall–Kier alpha value is -3.88. The molecular weight excluding hydrogens is 511 g/mol. The molecule has 1 aromatic heterocycles. The number of hydrogen-bond acceptors (Lipinski definition) is 6. The summed E-state index contributed by atoms with van der Waals surface area (Å²) < 4.78 is 7.53. The summed E-state index contributed by atoms with van der Waals surface area (Å²) in [6.07, 6.45) is 0. The lowest BCUT2D eigenvalue weighted by atomic mass is 9.94. The molecule has 3 aromatic carbocycles. The van der Waals surface area contributed by atoms with Gasteiger partial charge in [-0.3, -0.25) is 4.79 Å². The van der Waals surface area contributed by atoms with Crippen LogP contribution in [0.1, 0.15) is 35.2 Å². The summed E-state index contributed by atoms with van der Waals surface area (Å²) in [5.41, 5.74) is 5.59. The zero-order valence-electron chi connectivity index (χ0n) is 20.4. The first-order valence-corrected chi connectivity index (χ1v) is 12.4. The maximum absolute atomic E-state index is 13.6. The molecule has 1 amide bonds. The van der Waals surface area contributed by atoms with Crippen molar-refractivity contribution in [3.8, 4) is 5.75 Å². The average molecular weight is 535 g/mol. The normalized spacial score (nSPS) is 14.7. The number of nitrogens with one attached hydrogen (secondary N) is 2. The summed E-state index contributed by atoms with van der Waals surface area (Å²) in [5, 5.41) is 19.3. The van der Waals surface area contributed by atoms with Gasteiger partial charge >= 0.3 is 0 Å². The summed E-state index contributed by atoms with van der Waals surface area (Å²) in [7, 11) is 0. The number of tetrazole rings is 1. The quantitative estimate of drug-likeness (QED) is 0.310. The number of carbonyl (C=O) groups excluding carboxylic acids is 1. The number of hydrogen-bond donors (Lipinski definition) is 2. The van der Waals surface area contributed by atoms with E-state index < -0.39 is 6.04 Å². The van der Waals surface area contributed by atoms with E-state index in [2.05, 4.69) is 26.2 Å². The van der Waals surface area contributed by atoms with Crippen molar-refractivity contribution in [2.24, 2.45) is 0 Å². The topological polar surface area (TPSA) is 94.0 Å². The minimum atomic E-state index is -0.538. The number of anilines is 2. The molecule has 0 aliphatic carbocycles. The van der Waals surface area contributed by atoms with Crippen molar-refractivity contribution in [2.45, 2.75) is 33.4 Å². The van der Waals surface area contributed by atoms with Crippen molar-refractivity contribution in [1.82, 2.24) is 20.2 Å². The SMILES string of the molecule is CC1=C(C(=O)Nc2cccc(C)c2C)C(c2ccc(OCc3c(Cl)cccc3Cl)cc2)n2nnnc2N1. The Labute approximate surface area is 224 Å². The van der Waals surface area contributed by atoms with Crippen molar-refractivity contribution in [1.29, 1.82) is 0 Å². The Morgan fingerprint density at radius 2 is 1.73 bits per heavy atom. The molecule has 0 radical (unpaired) electrons. The van der Waals surface area contributed by atoms with Gasteiger partial charge in [-0.1, -0.05) is 58.6 Å². The molecule has 0 saturated heterocycles. The molecule has 10 heteroatoms. The highest BCUT2D eigenvalue weighted by Gasteiger charge is 2.34. The second kappa shape index (κ2) is 10.2. The third-order valence-corrected chi connectivity index (χ3v) is 7.16. The van der Waals surface area contributed by atoms with Gasteiger partial charge in [0.2, 0.25) is 5.95 Å². The number of allylic oxidation sites excluding steroid dienone is 1. The van der Waals surface area contributed by atoms with Crippen LogP contribution in [-0.4, -0.2) is 26.1 Å². The average Bonchev–Trinajstić information content (AvgIpc) is 3.34. The van der Waals surface area contributed by atoms with Crippen LogP contribution >= 0.6 is 23.2 Å². The standard InChI is InChI=1S/C27H24Cl2N6O2/c1-15-6-4-9-23(16(15)2)31-26(36)24-17(3)30-27-32-33-34-35(27)25(24)18-10-12-19(13-11-18)37-14-20-21(28)7-5-8-22(20)29/h4-13,25H,14H2,1-3H3,(H,31,36)(H,30,32,34). The van der Waals surface area contributed by atoms with Crippen LogP contribution in [0.15, 0.2) is 71.9 Å². The van der Waals surface area contributed by atoms with Crippen molar-refractivity contribution < 1.29 is 9.53 Å². The third-order valence-electron chi connectivity index (χ3n) is 6.45. The van der Waals surface area contributed by atoms with E-state index in [1.807, 2.05) is 63.2 Å². The smallest absolute Gasteiger partial charge is 0.255 e. The summed E-state index contributed by atoms with van der Waals surface area (Å²) in [6.45, 7) is 6.06. The zero-order valence-corrected chi connectivity index (χ0v) is 21.9. The Morgan fingerprint density at radius 1 is 1.03 bits per heavy atom. The molecule has 1 atom stereocenters. The maximum atomic E-state index is 13.6. The number of benzene rings is 3. The number of rotatable bonds is 6. The second-order valence-corrected chi connectivity index (χ2v) is 9.59. The molecule has 1 aliphatic heterocycles. The summed E-state index contributed by atoms with van der Waals surface area (Å²) in [6, 6.07) is 18.1. The van der Waals surface area contributed by atoms with Crippen LogP contribution in [0, 0.1) is 13.8 Å². The van der Waals surface area contributed by atoms with Crippen molar-refractivity contribution in [3.05, 3.63) is 104 Å². The van der Waals surface area contributed by atoms with Gasteiger partial charge in [-0.25, -0.2) is 0 Å². The molecule has 5 rings (SSSR count). The van der Waals surface area contributed by atoms with Gasteiger partial charge in [-0.2, -0.15) is 4.68 Å². The fourth-order valence-corrected chi connectivity index (χ4v) is 4.77. The van der Waals surface area contributed by atoms with Gasteiger partial charge in [-0.15, -0.1) is 0 Å². The molecule has 0 fully saturated rings. The van der Waals surface area contributed by atoms with Gasteiger partial charge in [0.05, 0.1) is 5.57 Å². The highest BCUT2D eigenvalue weighted by atomic mass is 35.5. The number of aryl methyl sites for hydroxylation is 1. The monoisotopic (exact) mass is 534 g/mol. The highest BCUT2D eigenvalue weighted by Crippen LogP contribution is 2.36. The molecule has 0 spiro atoms. The first-order valence-electron chi connectivity index (χ1n) is 11.6. The van der Waals surface area contributed by atoms with Crippen LogP contribution in [0.4, 0.5) is 11.6 Å². The molecular formula is C27H24Cl2N6O2. The minimum Gasteiger partial charge on any atom is -0.489 e. The van der Waals surface area contributed by atoms with Crippen molar-refractivity contribution in [3.63, 3.8) is 0 Å². The van der Waals surface area contributed by atoms with Crippen LogP contribution in [0.5, 0.6) is 5.75 Å². The molecule has 188 valence electrons. The Morgan fingerprint density at radius 3 is 2.46 bits per heavy atom. The first-order chi connectivity index (χ1) is 17.8. The lowest BCUT2D eigenvalue weighted by molar-refractivity contribution is -0.113. The predicted octanol–water partition coefficient (Wildman–Crippen LogP) is 6.10. The molecule has 8 nitrogen and oxygen atoms in total. The van der Waals surface area contributed by atoms with E-state index in [1.54, 1.807) is 22.9 Å². The molecule has 0 bridgehead atoms. The van der Waals surface area contributed by atoms with Crippen LogP contribution in [-0.2, 0) is 11.4 Å². The van der Waals surface area contributed by atoms with Gasteiger partial charge in [0.15, 0.2) is 0 Å². The maximum Gasteiger partial charge on any atom is 0.255 e. The van der Waals surface area contributed by atoms with Gasteiger partial charge in [0.25, 0.3) is 5.91 Å². The number of carbonyl (C=O) groups is 1. The van der Waals surface area contributed by atoms with Gasteiger partial charge in [0.1, 0.15) is 18.4 Å². The van der Waals surface area contributed by atoms with Crippen molar-refractivity contribution >= 4 is 40.7 Å². The Balaban J connectivity index is 1.43. The van der Waals surface area contributed by atoms with Gasteiger partial charge < -0.3 is 15.4 Å². The Kier molecular flexibility index (Phi) is 6.86.